The topological polar surface area (TPSA) is 42.1 Å². The van der Waals surface area contributed by atoms with Gasteiger partial charge in [0, 0.05) is 31.5 Å². The van der Waals surface area contributed by atoms with E-state index in [9.17, 15) is 4.39 Å². The zero-order chi connectivity index (χ0) is 14.7. The van der Waals surface area contributed by atoms with Crippen molar-refractivity contribution in [1.82, 2.24) is 9.88 Å². The molecule has 1 saturated heterocycles. The number of hydrogen-bond acceptors (Lipinski definition) is 3. The van der Waals surface area contributed by atoms with Gasteiger partial charge < -0.3 is 5.73 Å². The van der Waals surface area contributed by atoms with Crippen molar-refractivity contribution in [3.63, 3.8) is 0 Å². The van der Waals surface area contributed by atoms with Crippen LogP contribution in [0.1, 0.15) is 35.6 Å². The van der Waals surface area contributed by atoms with E-state index < -0.39 is 0 Å². The molecule has 0 bridgehead atoms. The van der Waals surface area contributed by atoms with Crippen molar-refractivity contribution in [2.45, 2.75) is 32.0 Å². The summed E-state index contributed by atoms with van der Waals surface area (Å²) in [6.45, 7) is 2.24. The molecule has 1 aliphatic rings. The lowest BCUT2D eigenvalue weighted by Gasteiger charge is -2.25. The lowest BCUT2D eigenvalue weighted by Crippen LogP contribution is -2.23. The van der Waals surface area contributed by atoms with E-state index in [4.69, 9.17) is 5.73 Å². The Balaban J connectivity index is 1.81. The minimum atomic E-state index is -0.218. The van der Waals surface area contributed by atoms with Gasteiger partial charge in [-0.1, -0.05) is 12.1 Å². The van der Waals surface area contributed by atoms with Crippen LogP contribution >= 0.6 is 0 Å². The highest BCUT2D eigenvalue weighted by molar-refractivity contribution is 5.28. The van der Waals surface area contributed by atoms with Crippen molar-refractivity contribution in [1.29, 1.82) is 0 Å². The standard InChI is InChI=1S/C17H20FN3/c18-16-6-5-14(15(9-16)10-19)12-21-8-2-4-17(21)13-3-1-7-20-11-13/h1,3,5-7,9,11,17H,2,4,8,10,12,19H2. The molecule has 1 unspecified atom stereocenters. The van der Waals surface area contributed by atoms with Crippen LogP contribution in [-0.4, -0.2) is 16.4 Å². The van der Waals surface area contributed by atoms with E-state index in [-0.39, 0.29) is 5.82 Å². The Morgan fingerprint density at radius 3 is 2.95 bits per heavy atom. The Morgan fingerprint density at radius 1 is 1.29 bits per heavy atom. The van der Waals surface area contributed by atoms with Gasteiger partial charge in [-0.2, -0.15) is 0 Å². The summed E-state index contributed by atoms with van der Waals surface area (Å²) in [5.74, 6) is -0.218. The van der Waals surface area contributed by atoms with E-state index in [1.165, 1.54) is 18.1 Å². The number of likely N-dealkylation sites (tertiary alicyclic amines) is 1. The van der Waals surface area contributed by atoms with Gasteiger partial charge in [0.1, 0.15) is 5.82 Å². The molecule has 1 aromatic carbocycles. The molecule has 0 amide bonds. The molecule has 2 N–H and O–H groups in total. The maximum atomic E-state index is 13.3. The highest BCUT2D eigenvalue weighted by atomic mass is 19.1. The van der Waals surface area contributed by atoms with Crippen molar-refractivity contribution in [2.24, 2.45) is 5.73 Å². The number of nitrogens with zero attached hydrogens (tertiary/aromatic N) is 2. The van der Waals surface area contributed by atoms with E-state index >= 15 is 0 Å². The number of rotatable bonds is 4. The predicted molar refractivity (Wildman–Crippen MR) is 80.9 cm³/mol. The molecule has 0 radical (unpaired) electrons. The first kappa shape index (κ1) is 14.2. The Morgan fingerprint density at radius 2 is 2.19 bits per heavy atom. The number of aromatic nitrogens is 1. The van der Waals surface area contributed by atoms with Crippen LogP contribution in [0.5, 0.6) is 0 Å². The summed E-state index contributed by atoms with van der Waals surface area (Å²) in [6, 6.07) is 9.43. The molecule has 110 valence electrons. The first-order valence-corrected chi connectivity index (χ1v) is 7.39. The molecule has 1 aliphatic heterocycles. The van der Waals surface area contributed by atoms with E-state index in [1.54, 1.807) is 12.3 Å². The van der Waals surface area contributed by atoms with Crippen molar-refractivity contribution >= 4 is 0 Å². The van der Waals surface area contributed by atoms with E-state index in [0.717, 1.165) is 30.6 Å². The molecule has 1 aromatic heterocycles. The van der Waals surface area contributed by atoms with Crippen molar-refractivity contribution in [3.8, 4) is 0 Å². The van der Waals surface area contributed by atoms with Gasteiger partial charge in [-0.3, -0.25) is 9.88 Å². The van der Waals surface area contributed by atoms with Crippen molar-refractivity contribution < 1.29 is 4.39 Å². The van der Waals surface area contributed by atoms with E-state index in [1.807, 2.05) is 18.3 Å². The van der Waals surface area contributed by atoms with Gasteiger partial charge in [-0.15, -0.1) is 0 Å². The molecule has 3 nitrogen and oxygen atoms in total. The molecule has 0 aliphatic carbocycles. The molecule has 4 heteroatoms. The van der Waals surface area contributed by atoms with Crippen LogP contribution in [0.25, 0.3) is 0 Å². The summed E-state index contributed by atoms with van der Waals surface area (Å²) in [7, 11) is 0. The number of pyridine rings is 1. The third-order valence-corrected chi connectivity index (χ3v) is 4.19. The van der Waals surface area contributed by atoms with Gasteiger partial charge in [-0.25, -0.2) is 4.39 Å². The quantitative estimate of drug-likeness (QED) is 0.939. The summed E-state index contributed by atoms with van der Waals surface area (Å²) in [5, 5.41) is 0. The lowest BCUT2D eigenvalue weighted by molar-refractivity contribution is 0.247. The fourth-order valence-electron chi connectivity index (χ4n) is 3.12. The van der Waals surface area contributed by atoms with Gasteiger partial charge >= 0.3 is 0 Å². The van der Waals surface area contributed by atoms with Crippen LogP contribution in [-0.2, 0) is 13.1 Å². The normalized spacial score (nSPS) is 19.0. The second-order valence-corrected chi connectivity index (χ2v) is 5.53. The monoisotopic (exact) mass is 285 g/mol. The maximum absolute atomic E-state index is 13.3. The molecule has 1 atom stereocenters. The van der Waals surface area contributed by atoms with Crippen LogP contribution in [0.3, 0.4) is 0 Å². The predicted octanol–water partition coefficient (Wildman–Crippen LogP) is 3.02. The molecule has 21 heavy (non-hydrogen) atoms. The number of nitrogens with two attached hydrogens (primary N) is 1. The second kappa shape index (κ2) is 6.33. The fraction of sp³-hybridized carbons (Fsp3) is 0.353. The van der Waals surface area contributed by atoms with E-state index in [0.29, 0.717) is 12.6 Å². The number of halogens is 1. The van der Waals surface area contributed by atoms with Crippen LogP contribution in [0, 0.1) is 5.82 Å². The van der Waals surface area contributed by atoms with Crippen LogP contribution < -0.4 is 5.73 Å². The Bertz CT molecular complexity index is 600. The van der Waals surface area contributed by atoms with Gasteiger partial charge in [0.25, 0.3) is 0 Å². The highest BCUT2D eigenvalue weighted by Crippen LogP contribution is 2.33. The summed E-state index contributed by atoms with van der Waals surface area (Å²) in [5.41, 5.74) is 9.02. The molecule has 2 aromatic rings. The summed E-state index contributed by atoms with van der Waals surface area (Å²) < 4.78 is 13.3. The van der Waals surface area contributed by atoms with Gasteiger partial charge in [0.05, 0.1) is 0 Å². The van der Waals surface area contributed by atoms with Gasteiger partial charge in [0.15, 0.2) is 0 Å². The molecular weight excluding hydrogens is 265 g/mol. The average molecular weight is 285 g/mol. The van der Waals surface area contributed by atoms with Gasteiger partial charge in [0.2, 0.25) is 0 Å². The average Bonchev–Trinajstić information content (AvgIpc) is 2.98. The smallest absolute Gasteiger partial charge is 0.123 e. The molecule has 2 heterocycles. The van der Waals surface area contributed by atoms with Crippen LogP contribution in [0.4, 0.5) is 4.39 Å². The van der Waals surface area contributed by atoms with E-state index in [2.05, 4.69) is 16.0 Å². The molecule has 3 rings (SSSR count). The largest absolute Gasteiger partial charge is 0.326 e. The van der Waals surface area contributed by atoms with Gasteiger partial charge in [-0.05, 0) is 54.3 Å². The SMILES string of the molecule is NCc1cc(F)ccc1CN1CCCC1c1cccnc1. The minimum Gasteiger partial charge on any atom is -0.326 e. The molecule has 0 saturated carbocycles. The maximum Gasteiger partial charge on any atom is 0.123 e. The molecule has 0 spiro atoms. The zero-order valence-electron chi connectivity index (χ0n) is 12.0. The second-order valence-electron chi connectivity index (χ2n) is 5.53. The van der Waals surface area contributed by atoms with Crippen LogP contribution in [0.2, 0.25) is 0 Å². The zero-order valence-corrected chi connectivity index (χ0v) is 12.0. The Labute approximate surface area is 124 Å². The third kappa shape index (κ3) is 3.12. The minimum absolute atomic E-state index is 0.218. The summed E-state index contributed by atoms with van der Waals surface area (Å²) >= 11 is 0. The third-order valence-electron chi connectivity index (χ3n) is 4.19. The Kier molecular flexibility index (Phi) is 4.27. The first-order chi connectivity index (χ1) is 10.3. The van der Waals surface area contributed by atoms with Crippen molar-refractivity contribution in [3.05, 3.63) is 65.2 Å². The summed E-state index contributed by atoms with van der Waals surface area (Å²) in [6.07, 6.45) is 6.07. The fourth-order valence-corrected chi connectivity index (χ4v) is 3.12. The molecule has 1 fully saturated rings. The number of hydrogen-bond donors (Lipinski definition) is 1. The lowest BCUT2D eigenvalue weighted by atomic mass is 10.0. The first-order valence-electron chi connectivity index (χ1n) is 7.39. The van der Waals surface area contributed by atoms with Crippen molar-refractivity contribution in [2.75, 3.05) is 6.54 Å². The number of benzene rings is 1. The Hall–Kier alpha value is -1.78. The van der Waals surface area contributed by atoms with Crippen LogP contribution in [0.15, 0.2) is 42.7 Å². The molecular formula is C17H20FN3. The highest BCUT2D eigenvalue weighted by Gasteiger charge is 2.26. The summed E-state index contributed by atoms with van der Waals surface area (Å²) in [4.78, 5) is 6.65.